The SMILES string of the molecule is Cc1ccc(OCC(=O)NNC(=O)c2ccc(OCCOc3ccccc3)cc2)c(C)c1. The second-order valence-corrected chi connectivity index (χ2v) is 7.09. The largest absolute Gasteiger partial charge is 0.490 e. The summed E-state index contributed by atoms with van der Waals surface area (Å²) in [4.78, 5) is 24.2. The van der Waals surface area contributed by atoms with Crippen LogP contribution >= 0.6 is 0 Å². The van der Waals surface area contributed by atoms with Crippen molar-refractivity contribution in [3.8, 4) is 17.2 Å². The Morgan fingerprint density at radius 1 is 0.750 bits per heavy atom. The average molecular weight is 434 g/mol. The van der Waals surface area contributed by atoms with Gasteiger partial charge in [0.25, 0.3) is 11.8 Å². The van der Waals surface area contributed by atoms with E-state index in [1.165, 1.54) is 0 Å². The van der Waals surface area contributed by atoms with Crippen molar-refractivity contribution in [1.82, 2.24) is 10.9 Å². The van der Waals surface area contributed by atoms with Crippen LogP contribution in [0.25, 0.3) is 0 Å². The number of hydrogen-bond donors (Lipinski definition) is 2. The fourth-order valence-corrected chi connectivity index (χ4v) is 2.88. The third kappa shape index (κ3) is 7.05. The molecule has 0 bridgehead atoms. The smallest absolute Gasteiger partial charge is 0.276 e. The van der Waals surface area contributed by atoms with E-state index < -0.39 is 11.8 Å². The van der Waals surface area contributed by atoms with Gasteiger partial charge in [-0.2, -0.15) is 0 Å². The van der Waals surface area contributed by atoms with Gasteiger partial charge < -0.3 is 14.2 Å². The molecule has 166 valence electrons. The summed E-state index contributed by atoms with van der Waals surface area (Å²) in [7, 11) is 0. The van der Waals surface area contributed by atoms with Gasteiger partial charge in [-0.1, -0.05) is 35.9 Å². The van der Waals surface area contributed by atoms with Crippen molar-refractivity contribution in [3.63, 3.8) is 0 Å². The highest BCUT2D eigenvalue weighted by Crippen LogP contribution is 2.18. The van der Waals surface area contributed by atoms with E-state index in [1.807, 2.05) is 62.4 Å². The molecule has 2 N–H and O–H groups in total. The normalized spacial score (nSPS) is 10.2. The van der Waals surface area contributed by atoms with Crippen molar-refractivity contribution in [1.29, 1.82) is 0 Å². The summed E-state index contributed by atoms with van der Waals surface area (Å²) < 4.78 is 16.7. The van der Waals surface area contributed by atoms with Crippen molar-refractivity contribution in [2.75, 3.05) is 19.8 Å². The lowest BCUT2D eigenvalue weighted by molar-refractivity contribution is -0.123. The minimum absolute atomic E-state index is 0.206. The molecule has 3 aromatic carbocycles. The Labute approximate surface area is 187 Å². The number of hydrogen-bond acceptors (Lipinski definition) is 5. The number of aryl methyl sites for hydroxylation is 2. The molecule has 0 aromatic heterocycles. The maximum atomic E-state index is 12.2. The fourth-order valence-electron chi connectivity index (χ4n) is 2.88. The van der Waals surface area contributed by atoms with Gasteiger partial charge >= 0.3 is 0 Å². The van der Waals surface area contributed by atoms with Crippen molar-refractivity contribution in [2.24, 2.45) is 0 Å². The number of nitrogens with one attached hydrogen (secondary N) is 2. The summed E-state index contributed by atoms with van der Waals surface area (Å²) in [5.41, 5.74) is 7.15. The second kappa shape index (κ2) is 11.4. The van der Waals surface area contributed by atoms with E-state index in [2.05, 4.69) is 10.9 Å². The highest BCUT2D eigenvalue weighted by molar-refractivity contribution is 5.95. The van der Waals surface area contributed by atoms with Gasteiger partial charge in [0.1, 0.15) is 30.5 Å². The molecule has 3 rings (SSSR count). The predicted molar refractivity (Wildman–Crippen MR) is 121 cm³/mol. The van der Waals surface area contributed by atoms with E-state index >= 15 is 0 Å². The number of amides is 2. The first-order valence-electron chi connectivity index (χ1n) is 10.2. The number of rotatable bonds is 9. The van der Waals surface area contributed by atoms with Gasteiger partial charge in [-0.05, 0) is 61.9 Å². The van der Waals surface area contributed by atoms with Crippen molar-refractivity contribution < 1.29 is 23.8 Å². The molecular formula is C25H26N2O5. The number of ether oxygens (including phenoxy) is 3. The Morgan fingerprint density at radius 3 is 2.06 bits per heavy atom. The Hall–Kier alpha value is -4.00. The van der Waals surface area contributed by atoms with Crippen molar-refractivity contribution in [2.45, 2.75) is 13.8 Å². The van der Waals surface area contributed by atoms with E-state index in [-0.39, 0.29) is 6.61 Å². The highest BCUT2D eigenvalue weighted by Gasteiger charge is 2.09. The van der Waals surface area contributed by atoms with Gasteiger partial charge in [-0.3, -0.25) is 20.4 Å². The Morgan fingerprint density at radius 2 is 1.41 bits per heavy atom. The molecule has 2 amide bonds. The summed E-state index contributed by atoms with van der Waals surface area (Å²) in [6.07, 6.45) is 0. The Kier molecular flexibility index (Phi) is 8.09. The lowest BCUT2D eigenvalue weighted by atomic mass is 10.1. The second-order valence-electron chi connectivity index (χ2n) is 7.09. The molecule has 0 radical (unpaired) electrons. The molecule has 0 saturated carbocycles. The van der Waals surface area contributed by atoms with E-state index in [0.717, 1.165) is 16.9 Å². The van der Waals surface area contributed by atoms with Gasteiger partial charge in [0.15, 0.2) is 6.61 Å². The molecule has 0 saturated heterocycles. The standard InChI is InChI=1S/C25H26N2O5/c1-18-8-13-23(19(2)16-18)32-17-24(28)26-27-25(29)20-9-11-22(12-10-20)31-15-14-30-21-6-4-3-5-7-21/h3-13,16H,14-15,17H2,1-2H3,(H,26,28)(H,27,29). The topological polar surface area (TPSA) is 85.9 Å². The van der Waals surface area contributed by atoms with Crippen LogP contribution in [-0.4, -0.2) is 31.6 Å². The van der Waals surface area contributed by atoms with Crippen molar-refractivity contribution >= 4 is 11.8 Å². The molecule has 3 aromatic rings. The average Bonchev–Trinajstić information content (AvgIpc) is 2.81. The van der Waals surface area contributed by atoms with Gasteiger partial charge in [0.2, 0.25) is 0 Å². The highest BCUT2D eigenvalue weighted by atomic mass is 16.5. The van der Waals surface area contributed by atoms with E-state index in [0.29, 0.717) is 30.3 Å². The fraction of sp³-hybridized carbons (Fsp3) is 0.200. The zero-order valence-electron chi connectivity index (χ0n) is 18.1. The molecule has 0 aliphatic heterocycles. The zero-order valence-corrected chi connectivity index (χ0v) is 18.1. The van der Waals surface area contributed by atoms with Crippen molar-refractivity contribution in [3.05, 3.63) is 89.5 Å². The third-order valence-corrected chi connectivity index (χ3v) is 4.49. The molecular weight excluding hydrogens is 408 g/mol. The minimum Gasteiger partial charge on any atom is -0.490 e. The molecule has 7 heteroatoms. The molecule has 0 aliphatic carbocycles. The van der Waals surface area contributed by atoms with Crippen LogP contribution in [0.3, 0.4) is 0 Å². The predicted octanol–water partition coefficient (Wildman–Crippen LogP) is 3.60. The number of carbonyl (C=O) groups excluding carboxylic acids is 2. The Balaban J connectivity index is 1.37. The summed E-state index contributed by atoms with van der Waals surface area (Å²) in [5, 5.41) is 0. The monoisotopic (exact) mass is 434 g/mol. The first kappa shape index (κ1) is 22.7. The number of para-hydroxylation sites is 1. The minimum atomic E-state index is -0.461. The van der Waals surface area contributed by atoms with Gasteiger partial charge in [-0.25, -0.2) is 0 Å². The molecule has 0 unspecified atom stereocenters. The number of hydrazine groups is 1. The van der Waals surface area contributed by atoms with E-state index in [9.17, 15) is 9.59 Å². The first-order chi connectivity index (χ1) is 15.5. The summed E-state index contributed by atoms with van der Waals surface area (Å²) >= 11 is 0. The summed E-state index contributed by atoms with van der Waals surface area (Å²) in [6, 6.07) is 21.8. The van der Waals surface area contributed by atoms with Crippen LogP contribution in [0.5, 0.6) is 17.2 Å². The van der Waals surface area contributed by atoms with E-state index in [1.54, 1.807) is 24.3 Å². The third-order valence-electron chi connectivity index (χ3n) is 4.49. The molecule has 7 nitrogen and oxygen atoms in total. The maximum absolute atomic E-state index is 12.2. The van der Waals surface area contributed by atoms with E-state index in [4.69, 9.17) is 14.2 Å². The molecule has 32 heavy (non-hydrogen) atoms. The first-order valence-corrected chi connectivity index (χ1v) is 10.2. The van der Waals surface area contributed by atoms with Gasteiger partial charge in [-0.15, -0.1) is 0 Å². The molecule has 0 aliphatic rings. The van der Waals surface area contributed by atoms with Crippen LogP contribution < -0.4 is 25.1 Å². The van der Waals surface area contributed by atoms with Crippen LogP contribution in [0, 0.1) is 13.8 Å². The number of carbonyl (C=O) groups is 2. The summed E-state index contributed by atoms with van der Waals surface area (Å²) in [6.45, 7) is 4.46. The van der Waals surface area contributed by atoms with Gasteiger partial charge in [0, 0.05) is 5.56 Å². The lowest BCUT2D eigenvalue weighted by Crippen LogP contribution is -2.43. The molecule has 0 heterocycles. The Bertz CT molecular complexity index is 1040. The quantitative estimate of drug-likeness (QED) is 0.397. The van der Waals surface area contributed by atoms with Crippen LogP contribution in [0.4, 0.5) is 0 Å². The lowest BCUT2D eigenvalue weighted by Gasteiger charge is -2.11. The van der Waals surface area contributed by atoms with Crippen LogP contribution in [0.15, 0.2) is 72.8 Å². The molecule has 0 atom stereocenters. The van der Waals surface area contributed by atoms with Crippen LogP contribution in [0.2, 0.25) is 0 Å². The molecule has 0 fully saturated rings. The maximum Gasteiger partial charge on any atom is 0.276 e. The van der Waals surface area contributed by atoms with Gasteiger partial charge in [0.05, 0.1) is 0 Å². The van der Waals surface area contributed by atoms with Crippen LogP contribution in [0.1, 0.15) is 21.5 Å². The number of benzene rings is 3. The molecule has 0 spiro atoms. The summed E-state index contributed by atoms with van der Waals surface area (Å²) in [5.74, 6) is 1.12. The van der Waals surface area contributed by atoms with Crippen LogP contribution in [-0.2, 0) is 4.79 Å². The zero-order chi connectivity index (χ0) is 22.8.